The molecule has 0 aromatic heterocycles. The summed E-state index contributed by atoms with van der Waals surface area (Å²) in [6.45, 7) is 9.66. The number of guanidine groups is 1. The van der Waals surface area contributed by atoms with E-state index in [1.165, 1.54) is 4.31 Å². The van der Waals surface area contributed by atoms with Gasteiger partial charge in [0, 0.05) is 19.6 Å². The first kappa shape index (κ1) is 24.1. The van der Waals surface area contributed by atoms with E-state index in [4.69, 9.17) is 0 Å². The molecular weight excluding hydrogens is 451 g/mol. The van der Waals surface area contributed by atoms with Gasteiger partial charge in [-0.3, -0.25) is 4.99 Å². The number of nitrogens with zero attached hydrogens (tertiary/aromatic N) is 2. The highest BCUT2D eigenvalue weighted by Crippen LogP contribution is 2.10. The van der Waals surface area contributed by atoms with Crippen LogP contribution < -0.4 is 10.6 Å². The fourth-order valence-corrected chi connectivity index (χ4v) is 3.74. The van der Waals surface area contributed by atoms with Gasteiger partial charge < -0.3 is 10.6 Å². The van der Waals surface area contributed by atoms with Crippen LogP contribution in [0.4, 0.5) is 0 Å². The van der Waals surface area contributed by atoms with E-state index in [0.717, 1.165) is 12.1 Å². The minimum atomic E-state index is -3.24. The summed E-state index contributed by atoms with van der Waals surface area (Å²) >= 11 is 0. The number of rotatable bonds is 9. The van der Waals surface area contributed by atoms with Crippen LogP contribution in [0.1, 0.15) is 39.3 Å². The topological polar surface area (TPSA) is 73.8 Å². The summed E-state index contributed by atoms with van der Waals surface area (Å²) in [7, 11) is -3.24. The van der Waals surface area contributed by atoms with E-state index < -0.39 is 10.0 Å². The van der Waals surface area contributed by atoms with Crippen molar-refractivity contribution < 1.29 is 8.42 Å². The molecule has 1 atom stereocenters. The highest BCUT2D eigenvalue weighted by molar-refractivity contribution is 14.0. The van der Waals surface area contributed by atoms with Gasteiger partial charge in [-0.05, 0) is 19.4 Å². The Morgan fingerprint density at radius 2 is 1.76 bits per heavy atom. The molecule has 6 nitrogen and oxygen atoms in total. The smallest absolute Gasteiger partial charge is 0.215 e. The van der Waals surface area contributed by atoms with Gasteiger partial charge in [0.25, 0.3) is 0 Å². The zero-order chi connectivity index (χ0) is 18.0. The number of hydrogen-bond donors (Lipinski definition) is 2. The van der Waals surface area contributed by atoms with Crippen molar-refractivity contribution in [2.45, 2.75) is 33.7 Å². The molecule has 0 radical (unpaired) electrons. The third-order valence-electron chi connectivity index (χ3n) is 3.71. The second-order valence-corrected chi connectivity index (χ2v) is 7.53. The van der Waals surface area contributed by atoms with Gasteiger partial charge in [-0.25, -0.2) is 12.7 Å². The molecule has 1 rings (SSSR count). The maximum atomic E-state index is 12.2. The van der Waals surface area contributed by atoms with Crippen LogP contribution in [0.25, 0.3) is 0 Å². The molecule has 1 aromatic rings. The van der Waals surface area contributed by atoms with E-state index in [9.17, 15) is 8.42 Å². The van der Waals surface area contributed by atoms with Crippen molar-refractivity contribution >= 4 is 40.0 Å². The van der Waals surface area contributed by atoms with Crippen molar-refractivity contribution in [3.63, 3.8) is 0 Å². The van der Waals surface area contributed by atoms with Crippen LogP contribution in [0.2, 0.25) is 0 Å². The maximum Gasteiger partial charge on any atom is 0.215 e. The molecule has 1 unspecified atom stereocenters. The molecule has 25 heavy (non-hydrogen) atoms. The molecule has 0 aliphatic rings. The molecule has 2 N–H and O–H groups in total. The Labute approximate surface area is 169 Å². The van der Waals surface area contributed by atoms with Crippen LogP contribution in [0.3, 0.4) is 0 Å². The monoisotopic (exact) mass is 482 g/mol. The first-order chi connectivity index (χ1) is 11.4. The van der Waals surface area contributed by atoms with Gasteiger partial charge in [0.15, 0.2) is 5.96 Å². The lowest BCUT2D eigenvalue weighted by Gasteiger charge is -2.19. The number of benzene rings is 1. The van der Waals surface area contributed by atoms with Gasteiger partial charge in [0.05, 0.1) is 18.3 Å². The lowest BCUT2D eigenvalue weighted by molar-refractivity contribution is 0.445. The molecule has 0 amide bonds. The average Bonchev–Trinajstić information content (AvgIpc) is 2.56. The van der Waals surface area contributed by atoms with E-state index in [-0.39, 0.29) is 42.3 Å². The van der Waals surface area contributed by atoms with Crippen LogP contribution in [0.15, 0.2) is 35.3 Å². The fraction of sp³-hybridized carbons (Fsp3) is 0.588. The Kier molecular flexibility index (Phi) is 12.0. The Bertz CT molecular complexity index is 604. The second-order valence-electron chi connectivity index (χ2n) is 5.44. The van der Waals surface area contributed by atoms with Gasteiger partial charge >= 0.3 is 0 Å². The molecule has 0 aliphatic carbocycles. The summed E-state index contributed by atoms with van der Waals surface area (Å²) in [5.74, 6) is 0.647. The van der Waals surface area contributed by atoms with Crippen molar-refractivity contribution in [3.8, 4) is 0 Å². The standard InChI is InChI=1S/C17H30N4O2S.HI/c1-5-18-17(20-15(4)16-11-9-8-10-12-16)19-13-14-24(22,23)21(6-2)7-3;/h8-12,15H,5-7,13-14H2,1-4H3,(H2,18,19,20);1H. The van der Waals surface area contributed by atoms with Crippen molar-refractivity contribution in [2.75, 3.05) is 31.9 Å². The molecule has 1 aromatic carbocycles. The number of nitrogens with one attached hydrogen (secondary N) is 2. The SMILES string of the molecule is CCNC(=NCCS(=O)(=O)N(CC)CC)NC(C)c1ccccc1.I. The summed E-state index contributed by atoms with van der Waals surface area (Å²) in [5.41, 5.74) is 1.15. The minimum Gasteiger partial charge on any atom is -0.357 e. The van der Waals surface area contributed by atoms with Gasteiger partial charge in [0.2, 0.25) is 10.0 Å². The molecule has 144 valence electrons. The molecular formula is C17H31IN4O2S. The fourth-order valence-electron chi connectivity index (χ4n) is 2.37. The van der Waals surface area contributed by atoms with E-state index in [1.807, 2.05) is 51.1 Å². The third kappa shape index (κ3) is 8.37. The largest absolute Gasteiger partial charge is 0.357 e. The molecule has 0 saturated heterocycles. The normalized spacial score (nSPS) is 13.2. The summed E-state index contributed by atoms with van der Waals surface area (Å²) in [4.78, 5) is 4.40. The van der Waals surface area contributed by atoms with Crippen LogP contribution >= 0.6 is 24.0 Å². The first-order valence-corrected chi connectivity index (χ1v) is 10.1. The Morgan fingerprint density at radius 1 is 1.16 bits per heavy atom. The van der Waals surface area contributed by atoms with Crippen molar-refractivity contribution in [2.24, 2.45) is 4.99 Å². The average molecular weight is 482 g/mol. The Morgan fingerprint density at radius 3 is 2.28 bits per heavy atom. The van der Waals surface area contributed by atoms with Gasteiger partial charge in [-0.15, -0.1) is 24.0 Å². The van der Waals surface area contributed by atoms with Crippen LogP contribution in [-0.4, -0.2) is 50.6 Å². The number of aliphatic imine (C=N–C) groups is 1. The predicted octanol–water partition coefficient (Wildman–Crippen LogP) is 2.59. The summed E-state index contributed by atoms with van der Waals surface area (Å²) in [6, 6.07) is 10.2. The molecule has 0 heterocycles. The van der Waals surface area contributed by atoms with E-state index in [0.29, 0.717) is 19.0 Å². The Hall–Kier alpha value is -0.870. The van der Waals surface area contributed by atoms with Crippen molar-refractivity contribution in [1.29, 1.82) is 0 Å². The number of sulfonamides is 1. The summed E-state index contributed by atoms with van der Waals surface area (Å²) < 4.78 is 25.9. The molecule has 0 spiro atoms. The van der Waals surface area contributed by atoms with Gasteiger partial charge in [-0.1, -0.05) is 44.2 Å². The third-order valence-corrected chi connectivity index (χ3v) is 5.72. The first-order valence-electron chi connectivity index (χ1n) is 8.52. The molecule has 0 bridgehead atoms. The summed E-state index contributed by atoms with van der Waals surface area (Å²) in [5, 5.41) is 6.47. The zero-order valence-electron chi connectivity index (χ0n) is 15.5. The molecule has 0 aliphatic heterocycles. The number of halogens is 1. The lowest BCUT2D eigenvalue weighted by atomic mass is 10.1. The maximum absolute atomic E-state index is 12.2. The minimum absolute atomic E-state index is 0. The number of hydrogen-bond acceptors (Lipinski definition) is 3. The van der Waals surface area contributed by atoms with Crippen LogP contribution in [0.5, 0.6) is 0 Å². The molecule has 8 heteroatoms. The molecule has 0 saturated carbocycles. The van der Waals surface area contributed by atoms with E-state index in [2.05, 4.69) is 22.5 Å². The quantitative estimate of drug-likeness (QED) is 0.323. The van der Waals surface area contributed by atoms with Crippen molar-refractivity contribution in [3.05, 3.63) is 35.9 Å². The predicted molar refractivity (Wildman–Crippen MR) is 116 cm³/mol. The second kappa shape index (κ2) is 12.5. The highest BCUT2D eigenvalue weighted by atomic mass is 127. The Balaban J connectivity index is 0.00000576. The van der Waals surface area contributed by atoms with E-state index in [1.54, 1.807) is 0 Å². The van der Waals surface area contributed by atoms with E-state index >= 15 is 0 Å². The lowest BCUT2D eigenvalue weighted by Crippen LogP contribution is -2.39. The van der Waals surface area contributed by atoms with Crippen LogP contribution in [0, 0.1) is 0 Å². The highest BCUT2D eigenvalue weighted by Gasteiger charge is 2.18. The summed E-state index contributed by atoms with van der Waals surface area (Å²) in [6.07, 6.45) is 0. The van der Waals surface area contributed by atoms with Gasteiger partial charge in [0.1, 0.15) is 0 Å². The zero-order valence-corrected chi connectivity index (χ0v) is 18.7. The van der Waals surface area contributed by atoms with Gasteiger partial charge in [-0.2, -0.15) is 0 Å². The molecule has 0 fully saturated rings. The van der Waals surface area contributed by atoms with Crippen LogP contribution in [-0.2, 0) is 10.0 Å². The van der Waals surface area contributed by atoms with Crippen molar-refractivity contribution in [1.82, 2.24) is 14.9 Å².